The van der Waals surface area contributed by atoms with Crippen molar-refractivity contribution in [3.05, 3.63) is 30.5 Å². The number of pyridine rings is 1. The number of fused-ring (bicyclic) bond motifs is 1. The average molecular weight is 242 g/mol. The molecule has 2 N–H and O–H groups in total. The van der Waals surface area contributed by atoms with Crippen molar-refractivity contribution in [3.8, 4) is 0 Å². The van der Waals surface area contributed by atoms with Crippen LogP contribution in [-0.4, -0.2) is 43.1 Å². The highest BCUT2D eigenvalue weighted by atomic mass is 15.2. The number of anilines is 2. The van der Waals surface area contributed by atoms with Crippen LogP contribution >= 0.6 is 0 Å². The second-order valence-corrected chi connectivity index (χ2v) is 4.94. The Balaban J connectivity index is 1.92. The number of hydrogen-bond acceptors (Lipinski definition) is 4. The normalized spacial score (nSPS) is 17.3. The maximum atomic E-state index is 5.79. The monoisotopic (exact) mass is 242 g/mol. The van der Waals surface area contributed by atoms with Gasteiger partial charge in [0.15, 0.2) is 0 Å². The molecular formula is C14H18N4. The molecule has 18 heavy (non-hydrogen) atoms. The molecule has 0 spiro atoms. The molecule has 1 saturated heterocycles. The molecule has 0 saturated carbocycles. The second-order valence-electron chi connectivity index (χ2n) is 4.94. The van der Waals surface area contributed by atoms with Crippen LogP contribution < -0.4 is 10.6 Å². The fraction of sp³-hybridized carbons (Fsp3) is 0.357. The Labute approximate surface area is 107 Å². The van der Waals surface area contributed by atoms with E-state index in [9.17, 15) is 0 Å². The first-order chi connectivity index (χ1) is 8.72. The number of hydrogen-bond donors (Lipinski definition) is 1. The molecule has 2 aromatic rings. The number of aromatic nitrogens is 1. The minimum atomic E-state index is 0.720. The summed E-state index contributed by atoms with van der Waals surface area (Å²) < 4.78 is 0. The van der Waals surface area contributed by atoms with Gasteiger partial charge in [-0.2, -0.15) is 0 Å². The van der Waals surface area contributed by atoms with Crippen LogP contribution in [-0.2, 0) is 0 Å². The number of nitrogen functional groups attached to an aromatic ring is 1. The molecule has 4 nitrogen and oxygen atoms in total. The lowest BCUT2D eigenvalue weighted by molar-refractivity contribution is 0.313. The summed E-state index contributed by atoms with van der Waals surface area (Å²) in [5, 5.41) is 1.12. The van der Waals surface area contributed by atoms with E-state index in [0.29, 0.717) is 0 Å². The molecule has 0 unspecified atom stereocenters. The molecule has 1 fully saturated rings. The summed E-state index contributed by atoms with van der Waals surface area (Å²) in [5.74, 6) is 0. The number of nitrogens with zero attached hydrogens (tertiary/aromatic N) is 3. The van der Waals surface area contributed by atoms with Crippen molar-refractivity contribution in [2.24, 2.45) is 0 Å². The molecule has 94 valence electrons. The Bertz CT molecular complexity index is 559. The van der Waals surface area contributed by atoms with Crippen LogP contribution in [0.2, 0.25) is 0 Å². The second kappa shape index (κ2) is 4.46. The van der Waals surface area contributed by atoms with Gasteiger partial charge in [0.2, 0.25) is 0 Å². The third-order valence-electron chi connectivity index (χ3n) is 3.55. The maximum absolute atomic E-state index is 5.79. The molecule has 0 amide bonds. The molecule has 0 aliphatic carbocycles. The minimum absolute atomic E-state index is 0.720. The van der Waals surface area contributed by atoms with E-state index in [2.05, 4.69) is 40.0 Å². The Morgan fingerprint density at radius 2 is 1.89 bits per heavy atom. The zero-order valence-electron chi connectivity index (χ0n) is 10.6. The molecule has 1 aromatic heterocycles. The highest BCUT2D eigenvalue weighted by molar-refractivity contribution is 5.84. The van der Waals surface area contributed by atoms with Crippen molar-refractivity contribution < 1.29 is 0 Å². The molecule has 3 rings (SSSR count). The third-order valence-corrected chi connectivity index (χ3v) is 3.55. The highest BCUT2D eigenvalue weighted by Gasteiger charge is 2.14. The van der Waals surface area contributed by atoms with Crippen LogP contribution in [0.1, 0.15) is 0 Å². The van der Waals surface area contributed by atoms with Crippen molar-refractivity contribution in [2.75, 3.05) is 43.9 Å². The van der Waals surface area contributed by atoms with Gasteiger partial charge in [-0.1, -0.05) is 0 Å². The third kappa shape index (κ3) is 2.11. The van der Waals surface area contributed by atoms with Crippen LogP contribution in [0.25, 0.3) is 10.9 Å². The summed E-state index contributed by atoms with van der Waals surface area (Å²) in [5.41, 5.74) is 8.78. The fourth-order valence-electron chi connectivity index (χ4n) is 2.40. The van der Waals surface area contributed by atoms with Gasteiger partial charge in [-0.25, -0.2) is 0 Å². The van der Waals surface area contributed by atoms with E-state index in [-0.39, 0.29) is 0 Å². The summed E-state index contributed by atoms with van der Waals surface area (Å²) in [7, 11) is 2.17. The van der Waals surface area contributed by atoms with Gasteiger partial charge in [-0.15, -0.1) is 0 Å². The van der Waals surface area contributed by atoms with Crippen LogP contribution in [0.4, 0.5) is 11.4 Å². The lowest BCUT2D eigenvalue weighted by atomic mass is 10.1. The summed E-state index contributed by atoms with van der Waals surface area (Å²) in [6.45, 7) is 4.40. The van der Waals surface area contributed by atoms with Gasteiger partial charge in [0, 0.05) is 37.3 Å². The Kier molecular flexibility index (Phi) is 2.80. The number of rotatable bonds is 1. The fourth-order valence-corrected chi connectivity index (χ4v) is 2.40. The van der Waals surface area contributed by atoms with Gasteiger partial charge < -0.3 is 15.5 Å². The molecule has 0 bridgehead atoms. The van der Waals surface area contributed by atoms with E-state index >= 15 is 0 Å². The highest BCUT2D eigenvalue weighted by Crippen LogP contribution is 2.23. The van der Waals surface area contributed by atoms with E-state index in [1.165, 1.54) is 5.69 Å². The van der Waals surface area contributed by atoms with Gasteiger partial charge in [0.1, 0.15) is 0 Å². The number of piperazine rings is 1. The van der Waals surface area contributed by atoms with Crippen molar-refractivity contribution in [2.45, 2.75) is 0 Å². The zero-order chi connectivity index (χ0) is 12.5. The first kappa shape index (κ1) is 11.3. The zero-order valence-corrected chi connectivity index (χ0v) is 10.6. The number of benzene rings is 1. The van der Waals surface area contributed by atoms with E-state index < -0.39 is 0 Å². The first-order valence-electron chi connectivity index (χ1n) is 6.31. The van der Waals surface area contributed by atoms with E-state index in [4.69, 9.17) is 5.73 Å². The molecule has 1 aromatic carbocycles. The Hall–Kier alpha value is -1.81. The lowest BCUT2D eigenvalue weighted by Crippen LogP contribution is -2.44. The van der Waals surface area contributed by atoms with E-state index in [1.807, 2.05) is 6.07 Å². The van der Waals surface area contributed by atoms with Gasteiger partial charge >= 0.3 is 0 Å². The Morgan fingerprint density at radius 3 is 2.67 bits per heavy atom. The predicted octanol–water partition coefficient (Wildman–Crippen LogP) is 1.57. The van der Waals surface area contributed by atoms with Gasteiger partial charge in [0.25, 0.3) is 0 Å². The number of nitrogens with two attached hydrogens (primary N) is 1. The van der Waals surface area contributed by atoms with Crippen LogP contribution in [0.15, 0.2) is 30.5 Å². The topological polar surface area (TPSA) is 45.4 Å². The number of likely N-dealkylation sites (N-methyl/N-ethyl adjacent to an activating group) is 1. The molecule has 4 heteroatoms. The van der Waals surface area contributed by atoms with Crippen molar-refractivity contribution >= 4 is 22.3 Å². The molecular weight excluding hydrogens is 224 g/mol. The predicted molar refractivity (Wildman–Crippen MR) is 75.9 cm³/mol. The van der Waals surface area contributed by atoms with Crippen LogP contribution in [0.5, 0.6) is 0 Å². The van der Waals surface area contributed by atoms with Gasteiger partial charge in [0.05, 0.1) is 17.4 Å². The standard InChI is InChI=1S/C14H18N4/c1-17-4-6-18(7-5-17)13-2-3-14-11(9-13)8-12(15)10-16-14/h2-3,8-10H,4-7,15H2,1H3. The van der Waals surface area contributed by atoms with E-state index in [1.54, 1.807) is 6.20 Å². The smallest absolute Gasteiger partial charge is 0.0705 e. The van der Waals surface area contributed by atoms with Crippen LogP contribution in [0.3, 0.4) is 0 Å². The molecule has 0 radical (unpaired) electrons. The minimum Gasteiger partial charge on any atom is -0.397 e. The summed E-state index contributed by atoms with van der Waals surface area (Å²) in [6, 6.07) is 8.39. The summed E-state index contributed by atoms with van der Waals surface area (Å²) >= 11 is 0. The Morgan fingerprint density at radius 1 is 1.11 bits per heavy atom. The van der Waals surface area contributed by atoms with Gasteiger partial charge in [-0.3, -0.25) is 4.98 Å². The average Bonchev–Trinajstić information content (AvgIpc) is 2.38. The van der Waals surface area contributed by atoms with Crippen molar-refractivity contribution in [1.29, 1.82) is 0 Å². The maximum Gasteiger partial charge on any atom is 0.0705 e. The largest absolute Gasteiger partial charge is 0.397 e. The van der Waals surface area contributed by atoms with E-state index in [0.717, 1.165) is 42.8 Å². The molecule has 2 heterocycles. The molecule has 1 aliphatic rings. The van der Waals surface area contributed by atoms with Crippen molar-refractivity contribution in [1.82, 2.24) is 9.88 Å². The van der Waals surface area contributed by atoms with Gasteiger partial charge in [-0.05, 0) is 31.3 Å². The lowest BCUT2D eigenvalue weighted by Gasteiger charge is -2.34. The molecule has 0 atom stereocenters. The van der Waals surface area contributed by atoms with Crippen LogP contribution in [0, 0.1) is 0 Å². The summed E-state index contributed by atoms with van der Waals surface area (Å²) in [6.07, 6.45) is 1.71. The first-order valence-corrected chi connectivity index (χ1v) is 6.31. The summed E-state index contributed by atoms with van der Waals surface area (Å²) in [4.78, 5) is 9.10. The SMILES string of the molecule is CN1CCN(c2ccc3ncc(N)cc3c2)CC1. The van der Waals surface area contributed by atoms with Crippen molar-refractivity contribution in [3.63, 3.8) is 0 Å². The quantitative estimate of drug-likeness (QED) is 0.824. The molecule has 1 aliphatic heterocycles.